The van der Waals surface area contributed by atoms with E-state index < -0.39 is 0 Å². The number of quaternary nitrogens is 1. The lowest BCUT2D eigenvalue weighted by Crippen LogP contribution is -2.79. The molecule has 3 saturated carbocycles. The van der Waals surface area contributed by atoms with E-state index in [2.05, 4.69) is 36.6 Å². The Morgan fingerprint density at radius 3 is 2.88 bits per heavy atom. The number of nitrogens with one attached hydrogen (secondary N) is 1. The van der Waals surface area contributed by atoms with E-state index in [9.17, 15) is 4.79 Å². The second kappa shape index (κ2) is 4.46. The van der Waals surface area contributed by atoms with E-state index >= 15 is 0 Å². The first-order valence-corrected chi connectivity index (χ1v) is 10.3. The van der Waals surface area contributed by atoms with Crippen molar-refractivity contribution < 1.29 is 14.0 Å². The monoisotopic (exact) mass is 353 g/mol. The summed E-state index contributed by atoms with van der Waals surface area (Å²) in [6.07, 6.45) is 7.19. The summed E-state index contributed by atoms with van der Waals surface area (Å²) in [6, 6.07) is 9.56. The third kappa shape index (κ3) is 1.38. The average molecular weight is 353 g/mol. The van der Waals surface area contributed by atoms with E-state index in [0.717, 1.165) is 12.8 Å². The maximum absolute atomic E-state index is 13.0. The molecular formula is C22H29N2O2+. The number of fused-ring (bicyclic) bond motifs is 3. The topological polar surface area (TPSA) is 38.3 Å². The molecule has 0 aromatic heterocycles. The molecule has 1 N–H and O–H groups in total. The Hall–Kier alpha value is -1.55. The van der Waals surface area contributed by atoms with Crippen LogP contribution in [0.4, 0.5) is 5.69 Å². The number of ether oxygens (including phenoxy) is 1. The molecule has 26 heavy (non-hydrogen) atoms. The van der Waals surface area contributed by atoms with E-state index in [1.807, 2.05) is 0 Å². The Morgan fingerprint density at radius 1 is 1.19 bits per heavy atom. The fourth-order valence-electron chi connectivity index (χ4n) is 8.79. The van der Waals surface area contributed by atoms with Gasteiger partial charge in [0.05, 0.1) is 44.1 Å². The molecule has 3 spiro atoms. The van der Waals surface area contributed by atoms with E-state index in [4.69, 9.17) is 4.74 Å². The predicted octanol–water partition coefficient (Wildman–Crippen LogP) is 3.07. The van der Waals surface area contributed by atoms with Crippen LogP contribution in [0.1, 0.15) is 44.1 Å². The second-order valence-corrected chi connectivity index (χ2v) is 9.94. The van der Waals surface area contributed by atoms with Gasteiger partial charge in [0, 0.05) is 17.5 Å². The summed E-state index contributed by atoms with van der Waals surface area (Å²) >= 11 is 0. The predicted molar refractivity (Wildman–Crippen MR) is 99.8 cm³/mol. The number of benzene rings is 1. The molecule has 1 aromatic carbocycles. The van der Waals surface area contributed by atoms with Gasteiger partial charge >= 0.3 is 5.97 Å². The van der Waals surface area contributed by atoms with Crippen LogP contribution >= 0.6 is 0 Å². The molecule has 1 aromatic rings. The van der Waals surface area contributed by atoms with Crippen molar-refractivity contribution in [2.24, 2.45) is 11.3 Å². The number of likely N-dealkylation sites (N-methyl/N-ethyl adjacent to an activating group) is 1. The van der Waals surface area contributed by atoms with Gasteiger partial charge in [0.2, 0.25) is 0 Å². The molecule has 138 valence electrons. The van der Waals surface area contributed by atoms with Crippen LogP contribution in [0.2, 0.25) is 0 Å². The SMILES string of the molecule is COC(=O)[C@@H]1C[C@@]23CCC[N@@+]4(C)CC[C@@]5(c6ccccc6N[C@]15CC2)[C@@H]34. The number of carbonyl (C=O) groups is 1. The van der Waals surface area contributed by atoms with Crippen LogP contribution in [-0.4, -0.2) is 49.3 Å². The molecule has 0 unspecified atom stereocenters. The first-order valence-electron chi connectivity index (χ1n) is 10.3. The molecule has 0 amide bonds. The molecule has 0 radical (unpaired) electrons. The zero-order valence-corrected chi connectivity index (χ0v) is 15.9. The minimum atomic E-state index is -0.149. The zero-order chi connectivity index (χ0) is 17.8. The maximum Gasteiger partial charge on any atom is 0.311 e. The first kappa shape index (κ1) is 15.5. The fourth-order valence-corrected chi connectivity index (χ4v) is 8.79. The molecule has 2 saturated heterocycles. The van der Waals surface area contributed by atoms with Gasteiger partial charge in [-0.25, -0.2) is 0 Å². The van der Waals surface area contributed by atoms with Gasteiger partial charge in [0.15, 0.2) is 0 Å². The summed E-state index contributed by atoms with van der Waals surface area (Å²) < 4.78 is 6.58. The summed E-state index contributed by atoms with van der Waals surface area (Å²) in [5, 5.41) is 3.96. The fraction of sp³-hybridized carbons (Fsp3) is 0.682. The number of hydrogen-bond donors (Lipinski definition) is 1. The molecule has 6 aliphatic rings. The van der Waals surface area contributed by atoms with E-state index in [0.29, 0.717) is 11.5 Å². The Kier molecular flexibility index (Phi) is 2.66. The molecule has 5 fully saturated rings. The van der Waals surface area contributed by atoms with Crippen molar-refractivity contribution in [3.8, 4) is 0 Å². The first-order chi connectivity index (χ1) is 12.5. The Balaban J connectivity index is 1.67. The number of piperidine rings is 1. The van der Waals surface area contributed by atoms with E-state index in [-0.39, 0.29) is 22.8 Å². The number of para-hydroxylation sites is 1. The normalized spacial score (nSPS) is 49.8. The highest BCUT2D eigenvalue weighted by Crippen LogP contribution is 2.75. The lowest BCUT2D eigenvalue weighted by Gasteiger charge is -2.68. The molecule has 6 atom stereocenters. The molecule has 3 aliphatic heterocycles. The van der Waals surface area contributed by atoms with Gasteiger partial charge in [0.25, 0.3) is 0 Å². The highest BCUT2D eigenvalue weighted by atomic mass is 16.5. The van der Waals surface area contributed by atoms with Crippen LogP contribution in [0.3, 0.4) is 0 Å². The van der Waals surface area contributed by atoms with Crippen molar-refractivity contribution in [1.29, 1.82) is 0 Å². The van der Waals surface area contributed by atoms with Crippen molar-refractivity contribution in [2.75, 3.05) is 32.6 Å². The van der Waals surface area contributed by atoms with Gasteiger partial charge in [-0.1, -0.05) is 18.2 Å². The molecule has 2 bridgehead atoms. The third-order valence-corrected chi connectivity index (χ3v) is 9.30. The van der Waals surface area contributed by atoms with Crippen LogP contribution in [-0.2, 0) is 14.9 Å². The van der Waals surface area contributed by atoms with Gasteiger partial charge < -0.3 is 14.5 Å². The number of anilines is 1. The average Bonchev–Trinajstić information content (AvgIpc) is 3.15. The second-order valence-electron chi connectivity index (χ2n) is 9.94. The summed E-state index contributed by atoms with van der Waals surface area (Å²) in [7, 11) is 4.07. The summed E-state index contributed by atoms with van der Waals surface area (Å²) in [4.78, 5) is 13.0. The van der Waals surface area contributed by atoms with Crippen LogP contribution in [0.15, 0.2) is 24.3 Å². The zero-order valence-electron chi connectivity index (χ0n) is 15.9. The largest absolute Gasteiger partial charge is 0.469 e. The molecule has 4 nitrogen and oxygen atoms in total. The number of esters is 1. The molecule has 7 rings (SSSR count). The number of methoxy groups -OCH3 is 1. The minimum absolute atomic E-state index is 0.00822. The van der Waals surface area contributed by atoms with Crippen molar-refractivity contribution in [3.05, 3.63) is 29.8 Å². The van der Waals surface area contributed by atoms with Crippen LogP contribution in [0.25, 0.3) is 0 Å². The number of rotatable bonds is 1. The highest BCUT2D eigenvalue weighted by Gasteiger charge is 2.83. The van der Waals surface area contributed by atoms with Crippen molar-refractivity contribution in [1.82, 2.24) is 0 Å². The standard InChI is InChI=1S/C22H29N2O2/c1-24-12-5-8-20-9-10-22(16(14-20)18(25)26-2)21(11-13-24,19(20)24)15-6-3-4-7-17(15)23-22/h3-4,6-7,16,19,23H,5,8-14H2,1-2H3/q+1/t16-,19+,20+,21+,22+,24-/m0/s1. The quantitative estimate of drug-likeness (QED) is 0.623. The van der Waals surface area contributed by atoms with Gasteiger partial charge in [-0.15, -0.1) is 0 Å². The smallest absolute Gasteiger partial charge is 0.311 e. The number of nitrogens with zero attached hydrogens (tertiary/aromatic N) is 1. The summed E-state index contributed by atoms with van der Waals surface area (Å²) in [6.45, 7) is 2.55. The van der Waals surface area contributed by atoms with Crippen LogP contribution in [0, 0.1) is 11.3 Å². The number of carbonyl (C=O) groups excluding carboxylic acids is 1. The van der Waals surface area contributed by atoms with Gasteiger partial charge in [-0.3, -0.25) is 4.79 Å². The maximum atomic E-state index is 13.0. The third-order valence-electron chi connectivity index (χ3n) is 9.30. The molecule has 4 heteroatoms. The summed E-state index contributed by atoms with van der Waals surface area (Å²) in [5.41, 5.74) is 3.02. The molecule has 3 heterocycles. The van der Waals surface area contributed by atoms with Gasteiger partial charge in [-0.05, 0) is 43.7 Å². The Bertz CT molecular complexity index is 824. The van der Waals surface area contributed by atoms with Gasteiger partial charge in [0.1, 0.15) is 6.04 Å². The highest BCUT2D eigenvalue weighted by molar-refractivity contribution is 5.80. The molecule has 3 aliphatic carbocycles. The lowest BCUT2D eigenvalue weighted by atomic mass is 9.38. The number of hydrogen-bond acceptors (Lipinski definition) is 3. The van der Waals surface area contributed by atoms with Crippen LogP contribution in [0.5, 0.6) is 0 Å². The summed E-state index contributed by atoms with van der Waals surface area (Å²) in [5.74, 6) is -0.0107. The Morgan fingerprint density at radius 2 is 2.04 bits per heavy atom. The molecular weight excluding hydrogens is 324 g/mol. The van der Waals surface area contributed by atoms with Crippen molar-refractivity contribution >= 4 is 11.7 Å². The van der Waals surface area contributed by atoms with Crippen molar-refractivity contribution in [2.45, 2.75) is 55.5 Å². The lowest BCUT2D eigenvalue weighted by molar-refractivity contribution is -0.939. The Labute approximate surface area is 155 Å². The van der Waals surface area contributed by atoms with Crippen molar-refractivity contribution in [3.63, 3.8) is 0 Å². The van der Waals surface area contributed by atoms with E-state index in [1.165, 1.54) is 54.5 Å². The van der Waals surface area contributed by atoms with E-state index in [1.54, 1.807) is 7.11 Å². The van der Waals surface area contributed by atoms with Crippen LogP contribution < -0.4 is 5.32 Å². The van der Waals surface area contributed by atoms with Gasteiger partial charge in [-0.2, -0.15) is 0 Å². The minimum Gasteiger partial charge on any atom is -0.469 e.